The maximum Gasteiger partial charge on any atom is 0.266 e. The van der Waals surface area contributed by atoms with Gasteiger partial charge in [-0.25, -0.2) is 9.50 Å². The molecule has 2 aliphatic rings. The summed E-state index contributed by atoms with van der Waals surface area (Å²) in [6.07, 6.45) is 2.54. The number of carbonyl (C=O) groups excluding carboxylic acids is 1. The van der Waals surface area contributed by atoms with E-state index in [0.717, 1.165) is 36.7 Å². The van der Waals surface area contributed by atoms with E-state index in [2.05, 4.69) is 10.1 Å². The van der Waals surface area contributed by atoms with Crippen molar-refractivity contribution in [3.8, 4) is 0 Å². The standard InChI is InChI=1S/C17H17ClF2N4O/c18-13-4-5-15-21-17(11-2-1-3-11)12(24(15)22-13)9-23-8-10(6-14(19)20)7-16(23)25/h4-6,10-11H,1-3,7-9H2. The van der Waals surface area contributed by atoms with Gasteiger partial charge in [-0.2, -0.15) is 13.9 Å². The van der Waals surface area contributed by atoms with E-state index in [1.165, 1.54) is 0 Å². The number of fused-ring (bicyclic) bond motifs is 1. The highest BCUT2D eigenvalue weighted by Gasteiger charge is 2.33. The number of hydrogen-bond acceptors (Lipinski definition) is 3. The van der Waals surface area contributed by atoms with Gasteiger partial charge in [-0.3, -0.25) is 4.79 Å². The lowest BCUT2D eigenvalue weighted by Gasteiger charge is -2.25. The molecule has 2 aromatic rings. The van der Waals surface area contributed by atoms with Gasteiger partial charge < -0.3 is 4.90 Å². The highest BCUT2D eigenvalue weighted by Crippen LogP contribution is 2.38. The molecule has 1 aliphatic carbocycles. The number of nitrogens with zero attached hydrogens (tertiary/aromatic N) is 4. The Morgan fingerprint density at radius 2 is 2.16 bits per heavy atom. The van der Waals surface area contributed by atoms with Crippen LogP contribution in [0.5, 0.6) is 0 Å². The number of carbonyl (C=O) groups is 1. The van der Waals surface area contributed by atoms with Crippen LogP contribution in [-0.2, 0) is 11.3 Å². The smallest absolute Gasteiger partial charge is 0.266 e. The summed E-state index contributed by atoms with van der Waals surface area (Å²) >= 11 is 6.02. The molecule has 1 aliphatic heterocycles. The van der Waals surface area contributed by atoms with Crippen LogP contribution < -0.4 is 0 Å². The number of rotatable bonds is 4. The third-order valence-corrected chi connectivity index (χ3v) is 5.21. The average Bonchev–Trinajstić information content (AvgIpc) is 2.99. The summed E-state index contributed by atoms with van der Waals surface area (Å²) in [6.45, 7) is 0.603. The number of likely N-dealkylation sites (tertiary alicyclic amines) is 1. The van der Waals surface area contributed by atoms with Crippen molar-refractivity contribution in [2.24, 2.45) is 5.92 Å². The van der Waals surface area contributed by atoms with Crippen LogP contribution in [-0.4, -0.2) is 31.9 Å². The summed E-state index contributed by atoms with van der Waals surface area (Å²) in [5, 5.41) is 4.67. The Labute approximate surface area is 148 Å². The predicted octanol–water partition coefficient (Wildman–Crippen LogP) is 3.78. The van der Waals surface area contributed by atoms with Crippen molar-refractivity contribution in [2.45, 2.75) is 38.1 Å². The van der Waals surface area contributed by atoms with Crippen LogP contribution in [0, 0.1) is 5.92 Å². The van der Waals surface area contributed by atoms with E-state index in [9.17, 15) is 13.6 Å². The van der Waals surface area contributed by atoms with Crippen LogP contribution in [0.2, 0.25) is 5.15 Å². The summed E-state index contributed by atoms with van der Waals surface area (Å²) in [7, 11) is 0. The second kappa shape index (κ2) is 6.37. The molecule has 1 amide bonds. The molecular weight excluding hydrogens is 350 g/mol. The molecule has 4 rings (SSSR count). The van der Waals surface area contributed by atoms with Gasteiger partial charge in [0, 0.05) is 24.8 Å². The normalized spacial score (nSPS) is 21.0. The Hall–Kier alpha value is -2.02. The minimum absolute atomic E-state index is 0.112. The van der Waals surface area contributed by atoms with Crippen molar-refractivity contribution in [3.05, 3.63) is 40.8 Å². The van der Waals surface area contributed by atoms with Crippen molar-refractivity contribution in [1.29, 1.82) is 0 Å². The molecule has 1 atom stereocenters. The molecule has 1 saturated carbocycles. The number of halogens is 3. The first-order chi connectivity index (χ1) is 12.0. The van der Waals surface area contributed by atoms with E-state index in [4.69, 9.17) is 11.6 Å². The van der Waals surface area contributed by atoms with E-state index in [1.807, 2.05) is 0 Å². The number of hydrogen-bond donors (Lipinski definition) is 0. The Bertz CT molecular complexity index is 858. The van der Waals surface area contributed by atoms with E-state index >= 15 is 0 Å². The molecule has 2 fully saturated rings. The van der Waals surface area contributed by atoms with E-state index in [0.29, 0.717) is 23.3 Å². The second-order valence-electron chi connectivity index (χ2n) is 6.69. The molecule has 0 radical (unpaired) electrons. The summed E-state index contributed by atoms with van der Waals surface area (Å²) in [5.41, 5.74) is 2.48. The van der Waals surface area contributed by atoms with Gasteiger partial charge in [0.1, 0.15) is 5.15 Å². The van der Waals surface area contributed by atoms with Gasteiger partial charge in [-0.05, 0) is 31.1 Å². The minimum Gasteiger partial charge on any atom is -0.336 e. The minimum atomic E-state index is -1.74. The summed E-state index contributed by atoms with van der Waals surface area (Å²) in [5.74, 6) is -0.202. The lowest BCUT2D eigenvalue weighted by Crippen LogP contribution is -2.27. The Morgan fingerprint density at radius 1 is 1.36 bits per heavy atom. The first-order valence-electron chi connectivity index (χ1n) is 8.36. The van der Waals surface area contributed by atoms with Crippen LogP contribution >= 0.6 is 11.6 Å². The fraction of sp³-hybridized carbons (Fsp3) is 0.471. The molecule has 0 spiro atoms. The van der Waals surface area contributed by atoms with Gasteiger partial charge in [-0.1, -0.05) is 18.0 Å². The first kappa shape index (κ1) is 16.4. The number of amides is 1. The molecule has 0 bridgehead atoms. The van der Waals surface area contributed by atoms with Gasteiger partial charge in [0.05, 0.1) is 17.9 Å². The zero-order valence-electron chi connectivity index (χ0n) is 13.5. The maximum atomic E-state index is 12.5. The highest BCUT2D eigenvalue weighted by atomic mass is 35.5. The molecule has 1 saturated heterocycles. The van der Waals surface area contributed by atoms with Crippen molar-refractivity contribution in [1.82, 2.24) is 19.5 Å². The molecule has 0 N–H and O–H groups in total. The summed E-state index contributed by atoms with van der Waals surface area (Å²) < 4.78 is 26.7. The number of imidazole rings is 1. The Kier molecular flexibility index (Phi) is 4.19. The van der Waals surface area contributed by atoms with Crippen molar-refractivity contribution < 1.29 is 13.6 Å². The fourth-order valence-electron chi connectivity index (χ4n) is 3.56. The average molecular weight is 367 g/mol. The van der Waals surface area contributed by atoms with Crippen LogP contribution in [0.4, 0.5) is 8.78 Å². The van der Waals surface area contributed by atoms with Crippen LogP contribution in [0.1, 0.15) is 43.0 Å². The molecule has 8 heteroatoms. The molecule has 25 heavy (non-hydrogen) atoms. The maximum absolute atomic E-state index is 12.5. The lowest BCUT2D eigenvalue weighted by atomic mass is 9.82. The van der Waals surface area contributed by atoms with Gasteiger partial charge >= 0.3 is 0 Å². The van der Waals surface area contributed by atoms with Gasteiger partial charge in [-0.15, -0.1) is 0 Å². The monoisotopic (exact) mass is 366 g/mol. The zero-order chi connectivity index (χ0) is 17.6. The second-order valence-corrected chi connectivity index (χ2v) is 7.08. The third kappa shape index (κ3) is 3.13. The summed E-state index contributed by atoms with van der Waals surface area (Å²) in [6, 6.07) is 3.49. The molecule has 1 unspecified atom stereocenters. The van der Waals surface area contributed by atoms with Crippen LogP contribution in [0.25, 0.3) is 5.65 Å². The van der Waals surface area contributed by atoms with Gasteiger partial charge in [0.2, 0.25) is 5.91 Å². The SMILES string of the molecule is O=C1CC(C=C(F)F)CN1Cc1c(C2CCC2)nc2ccc(Cl)nn12. The Balaban J connectivity index is 1.67. The van der Waals surface area contributed by atoms with E-state index in [-0.39, 0.29) is 18.9 Å². The molecule has 3 heterocycles. The van der Waals surface area contributed by atoms with Crippen molar-refractivity contribution >= 4 is 23.2 Å². The fourth-order valence-corrected chi connectivity index (χ4v) is 3.70. The Morgan fingerprint density at radius 3 is 2.84 bits per heavy atom. The van der Waals surface area contributed by atoms with Gasteiger partial charge in [0.25, 0.3) is 6.08 Å². The third-order valence-electron chi connectivity index (χ3n) is 5.01. The quantitative estimate of drug-likeness (QED) is 0.827. The molecule has 132 valence electrons. The molecule has 0 aromatic carbocycles. The van der Waals surface area contributed by atoms with Gasteiger partial charge in [0.15, 0.2) is 5.65 Å². The molecule has 5 nitrogen and oxygen atoms in total. The highest BCUT2D eigenvalue weighted by molar-refractivity contribution is 6.29. The topological polar surface area (TPSA) is 50.5 Å². The van der Waals surface area contributed by atoms with Crippen LogP contribution in [0.15, 0.2) is 24.3 Å². The summed E-state index contributed by atoms with van der Waals surface area (Å²) in [4.78, 5) is 18.5. The van der Waals surface area contributed by atoms with E-state index < -0.39 is 12.0 Å². The lowest BCUT2D eigenvalue weighted by molar-refractivity contribution is -0.128. The van der Waals surface area contributed by atoms with E-state index in [1.54, 1.807) is 21.5 Å². The zero-order valence-corrected chi connectivity index (χ0v) is 14.2. The largest absolute Gasteiger partial charge is 0.336 e. The van der Waals surface area contributed by atoms with Crippen LogP contribution in [0.3, 0.4) is 0 Å². The first-order valence-corrected chi connectivity index (χ1v) is 8.73. The number of aromatic nitrogens is 3. The molecular formula is C17H17ClF2N4O. The molecule has 2 aromatic heterocycles. The van der Waals surface area contributed by atoms with Crippen molar-refractivity contribution in [2.75, 3.05) is 6.54 Å². The van der Waals surface area contributed by atoms with Crippen molar-refractivity contribution in [3.63, 3.8) is 0 Å². The predicted molar refractivity (Wildman–Crippen MR) is 88.4 cm³/mol.